The van der Waals surface area contributed by atoms with Gasteiger partial charge in [0.25, 0.3) is 0 Å². The third kappa shape index (κ3) is 4.45. The van der Waals surface area contributed by atoms with Crippen LogP contribution in [0.3, 0.4) is 0 Å². The van der Waals surface area contributed by atoms with E-state index in [0.717, 1.165) is 51.7 Å². The van der Waals surface area contributed by atoms with Crippen LogP contribution < -0.4 is 5.32 Å². The quantitative estimate of drug-likeness (QED) is 0.814. The monoisotopic (exact) mass is 283 g/mol. The van der Waals surface area contributed by atoms with Crippen molar-refractivity contribution in [3.05, 3.63) is 0 Å². The van der Waals surface area contributed by atoms with Crippen LogP contribution in [0.5, 0.6) is 0 Å². The van der Waals surface area contributed by atoms with Crippen LogP contribution in [-0.4, -0.2) is 36.4 Å². The molecule has 2 aliphatic rings. The summed E-state index contributed by atoms with van der Waals surface area (Å²) >= 11 is 0. The molecule has 2 fully saturated rings. The smallest absolute Gasteiger partial charge is 0.306 e. The predicted molar refractivity (Wildman–Crippen MR) is 78.7 cm³/mol. The molecule has 0 bridgehead atoms. The summed E-state index contributed by atoms with van der Waals surface area (Å²) in [5.41, 5.74) is 0. The van der Waals surface area contributed by atoms with Crippen molar-refractivity contribution in [2.45, 2.75) is 64.5 Å². The number of ether oxygens (including phenoxy) is 1. The van der Waals surface area contributed by atoms with Crippen LogP contribution in [0, 0.1) is 17.8 Å². The number of hydrogen-bond acceptors (Lipinski definition) is 3. The van der Waals surface area contributed by atoms with Gasteiger partial charge in [0.1, 0.15) is 0 Å². The zero-order valence-corrected chi connectivity index (χ0v) is 12.8. The second-order valence-electron chi connectivity index (χ2n) is 6.84. The molecule has 1 saturated heterocycles. The van der Waals surface area contributed by atoms with Crippen LogP contribution in [-0.2, 0) is 9.53 Å². The Bertz CT molecular complexity index is 311. The van der Waals surface area contributed by atoms with Crippen molar-refractivity contribution in [1.82, 2.24) is 5.32 Å². The normalized spacial score (nSPS) is 35.1. The number of rotatable bonds is 5. The van der Waals surface area contributed by atoms with Gasteiger partial charge < -0.3 is 15.2 Å². The summed E-state index contributed by atoms with van der Waals surface area (Å²) in [4.78, 5) is 10.9. The Labute approximate surface area is 122 Å². The number of carboxylic acid groups (broad SMARTS) is 1. The lowest BCUT2D eigenvalue weighted by Crippen LogP contribution is -2.40. The van der Waals surface area contributed by atoms with Crippen molar-refractivity contribution in [2.24, 2.45) is 17.8 Å². The molecule has 2 rings (SSSR count). The van der Waals surface area contributed by atoms with Gasteiger partial charge in [0.05, 0.1) is 12.0 Å². The molecule has 2 N–H and O–H groups in total. The molecule has 20 heavy (non-hydrogen) atoms. The predicted octanol–water partition coefficient (Wildman–Crippen LogP) is 2.67. The maximum atomic E-state index is 10.9. The van der Waals surface area contributed by atoms with Crippen molar-refractivity contribution in [3.63, 3.8) is 0 Å². The average molecular weight is 283 g/mol. The maximum Gasteiger partial charge on any atom is 0.306 e. The van der Waals surface area contributed by atoms with E-state index in [1.807, 2.05) is 0 Å². The van der Waals surface area contributed by atoms with Crippen LogP contribution in [0.2, 0.25) is 0 Å². The second-order valence-corrected chi connectivity index (χ2v) is 6.84. The van der Waals surface area contributed by atoms with E-state index >= 15 is 0 Å². The van der Waals surface area contributed by atoms with Gasteiger partial charge in [-0.2, -0.15) is 0 Å². The van der Waals surface area contributed by atoms with E-state index in [4.69, 9.17) is 9.84 Å². The highest BCUT2D eigenvalue weighted by Crippen LogP contribution is 2.27. The lowest BCUT2D eigenvalue weighted by Gasteiger charge is -2.34. The topological polar surface area (TPSA) is 58.6 Å². The van der Waals surface area contributed by atoms with Gasteiger partial charge in [0.2, 0.25) is 0 Å². The van der Waals surface area contributed by atoms with E-state index in [9.17, 15) is 4.79 Å². The number of aliphatic carboxylic acids is 1. The number of hydrogen-bond donors (Lipinski definition) is 2. The average Bonchev–Trinajstić information content (AvgIpc) is 2.46. The standard InChI is InChI=1S/C16H29NO3/c1-11(2)15-9-12(7-8-20-15)10-17-14-5-3-13(4-6-14)16(18)19/h11-15,17H,3-10H2,1-2H3,(H,18,19). The number of carbonyl (C=O) groups is 1. The summed E-state index contributed by atoms with van der Waals surface area (Å²) in [6.45, 7) is 6.41. The molecule has 0 spiro atoms. The van der Waals surface area contributed by atoms with E-state index in [2.05, 4.69) is 19.2 Å². The summed E-state index contributed by atoms with van der Waals surface area (Å²) in [5.74, 6) is 0.589. The molecular weight excluding hydrogens is 254 g/mol. The summed E-state index contributed by atoms with van der Waals surface area (Å²) in [7, 11) is 0. The highest BCUT2D eigenvalue weighted by Gasteiger charge is 2.28. The minimum absolute atomic E-state index is 0.110. The van der Waals surface area contributed by atoms with E-state index in [-0.39, 0.29) is 5.92 Å². The Kier molecular flexibility index (Phi) is 5.85. The molecule has 1 saturated carbocycles. The summed E-state index contributed by atoms with van der Waals surface area (Å²) < 4.78 is 5.81. The number of carboxylic acids is 1. The Morgan fingerprint density at radius 1 is 1.25 bits per heavy atom. The van der Waals surface area contributed by atoms with Crippen molar-refractivity contribution >= 4 is 5.97 Å². The van der Waals surface area contributed by atoms with Crippen molar-refractivity contribution in [3.8, 4) is 0 Å². The first-order chi connectivity index (χ1) is 9.56. The Balaban J connectivity index is 1.67. The minimum Gasteiger partial charge on any atom is -0.481 e. The molecule has 1 aliphatic carbocycles. The van der Waals surface area contributed by atoms with Gasteiger partial charge in [-0.25, -0.2) is 0 Å². The van der Waals surface area contributed by atoms with Crippen LogP contribution in [0.1, 0.15) is 52.4 Å². The SMILES string of the molecule is CC(C)C1CC(CNC2CCC(C(=O)O)CC2)CCO1. The Morgan fingerprint density at radius 3 is 2.55 bits per heavy atom. The molecular formula is C16H29NO3. The van der Waals surface area contributed by atoms with E-state index in [1.54, 1.807) is 0 Å². The van der Waals surface area contributed by atoms with Crippen LogP contribution in [0.4, 0.5) is 0 Å². The zero-order valence-electron chi connectivity index (χ0n) is 12.8. The highest BCUT2D eigenvalue weighted by molar-refractivity contribution is 5.70. The molecule has 0 radical (unpaired) electrons. The minimum atomic E-state index is -0.618. The van der Waals surface area contributed by atoms with Gasteiger partial charge in [0.15, 0.2) is 0 Å². The summed E-state index contributed by atoms with van der Waals surface area (Å²) in [6.07, 6.45) is 6.40. The van der Waals surface area contributed by atoms with Gasteiger partial charge >= 0.3 is 5.97 Å². The highest BCUT2D eigenvalue weighted by atomic mass is 16.5. The van der Waals surface area contributed by atoms with Gasteiger partial charge in [-0.1, -0.05) is 13.8 Å². The van der Waals surface area contributed by atoms with E-state index < -0.39 is 5.97 Å². The summed E-state index contributed by atoms with van der Waals surface area (Å²) in [5, 5.41) is 12.7. The van der Waals surface area contributed by atoms with Crippen LogP contribution in [0.15, 0.2) is 0 Å². The Morgan fingerprint density at radius 2 is 1.95 bits per heavy atom. The van der Waals surface area contributed by atoms with E-state index in [0.29, 0.717) is 24.0 Å². The van der Waals surface area contributed by atoms with Crippen LogP contribution in [0.25, 0.3) is 0 Å². The van der Waals surface area contributed by atoms with Crippen molar-refractivity contribution in [2.75, 3.05) is 13.2 Å². The molecule has 0 aromatic rings. The van der Waals surface area contributed by atoms with Gasteiger partial charge in [-0.05, 0) is 56.9 Å². The van der Waals surface area contributed by atoms with Gasteiger partial charge in [0, 0.05) is 12.6 Å². The van der Waals surface area contributed by atoms with Gasteiger partial charge in [-0.15, -0.1) is 0 Å². The fraction of sp³-hybridized carbons (Fsp3) is 0.938. The zero-order chi connectivity index (χ0) is 14.5. The third-order valence-electron chi connectivity index (χ3n) is 4.94. The molecule has 1 aliphatic heterocycles. The molecule has 116 valence electrons. The first-order valence-corrected chi connectivity index (χ1v) is 8.14. The molecule has 2 unspecified atom stereocenters. The molecule has 4 heteroatoms. The fourth-order valence-corrected chi connectivity index (χ4v) is 3.43. The van der Waals surface area contributed by atoms with Crippen LogP contribution >= 0.6 is 0 Å². The lowest BCUT2D eigenvalue weighted by molar-refractivity contribution is -0.142. The van der Waals surface area contributed by atoms with Gasteiger partial charge in [-0.3, -0.25) is 4.79 Å². The molecule has 0 amide bonds. The van der Waals surface area contributed by atoms with Crippen molar-refractivity contribution < 1.29 is 14.6 Å². The first-order valence-electron chi connectivity index (χ1n) is 8.14. The molecule has 1 heterocycles. The largest absolute Gasteiger partial charge is 0.481 e. The molecule has 0 aromatic carbocycles. The third-order valence-corrected chi connectivity index (χ3v) is 4.94. The molecule has 0 aromatic heterocycles. The first kappa shape index (κ1) is 15.8. The second kappa shape index (κ2) is 7.41. The van der Waals surface area contributed by atoms with E-state index in [1.165, 1.54) is 0 Å². The Hall–Kier alpha value is -0.610. The fourth-order valence-electron chi connectivity index (χ4n) is 3.43. The van der Waals surface area contributed by atoms with Crippen molar-refractivity contribution in [1.29, 1.82) is 0 Å². The number of nitrogens with one attached hydrogen (secondary N) is 1. The maximum absolute atomic E-state index is 10.9. The summed E-state index contributed by atoms with van der Waals surface area (Å²) in [6, 6.07) is 0.519. The lowest BCUT2D eigenvalue weighted by atomic mass is 9.85. The molecule has 4 nitrogen and oxygen atoms in total. The molecule has 2 atom stereocenters.